The summed E-state index contributed by atoms with van der Waals surface area (Å²) in [6, 6.07) is 44.4. The third kappa shape index (κ3) is 4.01. The zero-order chi connectivity index (χ0) is 30.1. The van der Waals surface area contributed by atoms with Crippen LogP contribution < -0.4 is 0 Å². The first-order chi connectivity index (χ1) is 22.1. The van der Waals surface area contributed by atoms with Gasteiger partial charge < -0.3 is 4.57 Å². The van der Waals surface area contributed by atoms with Crippen LogP contribution in [0.5, 0.6) is 0 Å². The smallest absolute Gasteiger partial charge is 0.160 e. The van der Waals surface area contributed by atoms with Crippen molar-refractivity contribution in [2.24, 2.45) is 0 Å². The van der Waals surface area contributed by atoms with Crippen molar-refractivity contribution >= 4 is 21.8 Å². The second-order valence-corrected chi connectivity index (χ2v) is 11.3. The fourth-order valence-corrected chi connectivity index (χ4v) is 6.64. The minimum absolute atomic E-state index is 0.316. The van der Waals surface area contributed by atoms with Crippen LogP contribution in [-0.4, -0.2) is 14.5 Å². The number of hydrogen-bond acceptors (Lipinski definition) is 2. The molecule has 212 valence electrons. The Balaban J connectivity index is 1.31. The maximum Gasteiger partial charge on any atom is 0.160 e. The Labute approximate surface area is 257 Å². The number of nitrogens with zero attached hydrogens (tertiary/aromatic N) is 3. The van der Waals surface area contributed by atoms with Gasteiger partial charge >= 0.3 is 0 Å². The Morgan fingerprint density at radius 1 is 0.444 bits per heavy atom. The van der Waals surface area contributed by atoms with E-state index in [4.69, 9.17) is 9.97 Å². The molecule has 0 spiro atoms. The van der Waals surface area contributed by atoms with Crippen molar-refractivity contribution in [3.63, 3.8) is 0 Å². The second-order valence-electron chi connectivity index (χ2n) is 11.3. The van der Waals surface area contributed by atoms with Gasteiger partial charge in [0.05, 0.1) is 28.1 Å². The lowest BCUT2D eigenvalue weighted by atomic mass is 9.92. The van der Waals surface area contributed by atoms with Crippen LogP contribution in [-0.2, 0) is 0 Å². The van der Waals surface area contributed by atoms with Crippen LogP contribution in [0.25, 0.3) is 83.6 Å². The lowest BCUT2D eigenvalue weighted by Crippen LogP contribution is -1.99. The van der Waals surface area contributed by atoms with Gasteiger partial charge in [0.25, 0.3) is 0 Å². The van der Waals surface area contributed by atoms with Crippen molar-refractivity contribution in [2.45, 2.75) is 0 Å². The van der Waals surface area contributed by atoms with Crippen molar-refractivity contribution in [1.82, 2.24) is 14.5 Å². The van der Waals surface area contributed by atoms with Crippen LogP contribution in [0.15, 0.2) is 140 Å². The molecule has 1 aliphatic heterocycles. The molecule has 0 aliphatic carbocycles. The molecule has 0 N–H and O–H groups in total. The highest BCUT2D eigenvalue weighted by Gasteiger charge is 2.25. The molecule has 0 saturated heterocycles. The highest BCUT2D eigenvalue weighted by molar-refractivity contribution is 6.16. The first-order valence-corrected chi connectivity index (χ1v) is 14.8. The molecular weight excluding hydrogens is 560 g/mol. The standard InChI is InChI=1S/C40H23F2N3/c41-27-17-12-24(13-18-27)35-23-36(25-14-19-28(42)20-15-25)44-40(43-35)26-16-21-38-34(22-26)30-7-2-1-6-29(30)32-9-5-10-33-31-8-3-4-11-37(31)45(38)39(32)33/h1-23H. The molecule has 1 aliphatic rings. The average Bonchev–Trinajstić information content (AvgIpc) is 3.36. The molecule has 0 amide bonds. The molecule has 0 saturated carbocycles. The summed E-state index contributed by atoms with van der Waals surface area (Å²) in [5, 5.41) is 2.43. The fraction of sp³-hybridized carbons (Fsp3) is 0. The molecule has 3 nitrogen and oxygen atoms in total. The summed E-state index contributed by atoms with van der Waals surface area (Å²) < 4.78 is 30.0. The van der Waals surface area contributed by atoms with Crippen LogP contribution in [0.4, 0.5) is 8.78 Å². The Bertz CT molecular complexity index is 2380. The molecule has 3 heterocycles. The quantitative estimate of drug-likeness (QED) is 0.207. The van der Waals surface area contributed by atoms with Crippen molar-refractivity contribution in [3.05, 3.63) is 151 Å². The largest absolute Gasteiger partial charge is 0.308 e. The Morgan fingerprint density at radius 2 is 1.00 bits per heavy atom. The summed E-state index contributed by atoms with van der Waals surface area (Å²) in [5.74, 6) is -0.103. The molecule has 45 heavy (non-hydrogen) atoms. The van der Waals surface area contributed by atoms with Crippen molar-refractivity contribution in [1.29, 1.82) is 0 Å². The maximum absolute atomic E-state index is 13.8. The first-order valence-electron chi connectivity index (χ1n) is 14.8. The van der Waals surface area contributed by atoms with Gasteiger partial charge in [0.15, 0.2) is 5.82 Å². The SMILES string of the molecule is Fc1ccc(-c2cc(-c3ccc(F)cc3)nc(-c3ccc4c(c3)-c3ccccc3-c3cccc5c6ccccc6n-4c35)n2)cc1. The predicted octanol–water partition coefficient (Wildman–Crippen LogP) is 10.5. The van der Waals surface area contributed by atoms with Gasteiger partial charge in [-0.2, -0.15) is 0 Å². The minimum atomic E-state index is -0.316. The number of hydrogen-bond donors (Lipinski definition) is 0. The molecule has 0 radical (unpaired) electrons. The van der Waals surface area contributed by atoms with Gasteiger partial charge in [0.1, 0.15) is 11.6 Å². The molecule has 0 atom stereocenters. The van der Waals surface area contributed by atoms with E-state index < -0.39 is 0 Å². The van der Waals surface area contributed by atoms with E-state index in [1.807, 2.05) is 6.07 Å². The van der Waals surface area contributed by atoms with E-state index in [1.165, 1.54) is 46.1 Å². The zero-order valence-corrected chi connectivity index (χ0v) is 23.9. The highest BCUT2D eigenvalue weighted by atomic mass is 19.1. The Kier molecular flexibility index (Phi) is 5.56. The van der Waals surface area contributed by atoms with Gasteiger partial charge in [-0.25, -0.2) is 18.7 Å². The van der Waals surface area contributed by atoms with E-state index in [0.717, 1.165) is 44.6 Å². The summed E-state index contributed by atoms with van der Waals surface area (Å²) in [4.78, 5) is 9.96. The first kappa shape index (κ1) is 25.5. The van der Waals surface area contributed by atoms with Gasteiger partial charge in [-0.1, -0.05) is 60.7 Å². The number of fused-ring (bicyclic) bond motifs is 8. The average molecular weight is 584 g/mol. The van der Waals surface area contributed by atoms with E-state index in [0.29, 0.717) is 17.2 Å². The Hall–Kier alpha value is -5.94. The zero-order valence-electron chi connectivity index (χ0n) is 23.9. The number of para-hydroxylation sites is 2. The normalized spacial score (nSPS) is 11.8. The van der Waals surface area contributed by atoms with Crippen LogP contribution >= 0.6 is 0 Å². The summed E-state index contributed by atoms with van der Waals surface area (Å²) in [5.41, 5.74) is 11.6. The summed E-state index contributed by atoms with van der Waals surface area (Å²) in [6.07, 6.45) is 0. The van der Waals surface area contributed by atoms with Crippen LogP contribution in [0.2, 0.25) is 0 Å². The number of aromatic nitrogens is 3. The van der Waals surface area contributed by atoms with E-state index in [1.54, 1.807) is 24.3 Å². The molecule has 8 aromatic rings. The van der Waals surface area contributed by atoms with E-state index in [2.05, 4.69) is 89.5 Å². The predicted molar refractivity (Wildman–Crippen MR) is 177 cm³/mol. The van der Waals surface area contributed by atoms with E-state index >= 15 is 0 Å². The maximum atomic E-state index is 13.8. The minimum Gasteiger partial charge on any atom is -0.308 e. The lowest BCUT2D eigenvalue weighted by Gasteiger charge is -2.15. The molecule has 2 aromatic heterocycles. The van der Waals surface area contributed by atoms with E-state index in [-0.39, 0.29) is 11.6 Å². The van der Waals surface area contributed by atoms with Gasteiger partial charge in [0.2, 0.25) is 0 Å². The van der Waals surface area contributed by atoms with Crippen LogP contribution in [0.3, 0.4) is 0 Å². The monoisotopic (exact) mass is 583 g/mol. The molecule has 0 fully saturated rings. The molecule has 5 heteroatoms. The lowest BCUT2D eigenvalue weighted by molar-refractivity contribution is 0.627. The third-order valence-electron chi connectivity index (χ3n) is 8.70. The Morgan fingerprint density at radius 3 is 1.69 bits per heavy atom. The number of benzene rings is 6. The molecular formula is C40H23F2N3. The topological polar surface area (TPSA) is 30.7 Å². The molecule has 0 bridgehead atoms. The van der Waals surface area contributed by atoms with Crippen molar-refractivity contribution in [3.8, 4) is 61.8 Å². The van der Waals surface area contributed by atoms with Gasteiger partial charge in [-0.15, -0.1) is 0 Å². The van der Waals surface area contributed by atoms with Crippen LogP contribution in [0.1, 0.15) is 0 Å². The van der Waals surface area contributed by atoms with Crippen molar-refractivity contribution < 1.29 is 8.78 Å². The van der Waals surface area contributed by atoms with Gasteiger partial charge in [-0.3, -0.25) is 0 Å². The number of halogens is 2. The second kappa shape index (κ2) is 9.79. The molecule has 0 unspecified atom stereocenters. The van der Waals surface area contributed by atoms with E-state index in [9.17, 15) is 8.78 Å². The molecule has 6 aromatic carbocycles. The fourth-order valence-electron chi connectivity index (χ4n) is 6.64. The van der Waals surface area contributed by atoms with Gasteiger partial charge in [0, 0.05) is 38.6 Å². The third-order valence-corrected chi connectivity index (χ3v) is 8.70. The highest BCUT2D eigenvalue weighted by Crippen LogP contribution is 2.47. The van der Waals surface area contributed by atoms with Crippen molar-refractivity contribution in [2.75, 3.05) is 0 Å². The molecule has 9 rings (SSSR count). The van der Waals surface area contributed by atoms with Crippen LogP contribution in [0, 0.1) is 11.6 Å². The van der Waals surface area contributed by atoms with Gasteiger partial charge in [-0.05, 0) is 90.0 Å². The summed E-state index contributed by atoms with van der Waals surface area (Å²) in [7, 11) is 0. The number of rotatable bonds is 3. The summed E-state index contributed by atoms with van der Waals surface area (Å²) in [6.45, 7) is 0. The summed E-state index contributed by atoms with van der Waals surface area (Å²) >= 11 is 0.